The van der Waals surface area contributed by atoms with E-state index in [1.165, 1.54) is 0 Å². The first-order valence-corrected chi connectivity index (χ1v) is 8.12. The van der Waals surface area contributed by atoms with Crippen molar-refractivity contribution < 1.29 is 29.0 Å². The van der Waals surface area contributed by atoms with Crippen molar-refractivity contribution in [2.45, 2.75) is 71.6 Å². The van der Waals surface area contributed by atoms with Gasteiger partial charge in [0.15, 0.2) is 0 Å². The third-order valence-electron chi connectivity index (χ3n) is 3.02. The number of carboxylic acid groups (broad SMARTS) is 1. The molecule has 0 unspecified atom stereocenters. The molecule has 0 aliphatic heterocycles. The molecule has 2 atom stereocenters. The third kappa shape index (κ3) is 11.0. The molecule has 0 saturated carbocycles. The van der Waals surface area contributed by atoms with Gasteiger partial charge in [-0.15, -0.1) is 0 Å². The molecule has 0 fully saturated rings. The number of primary amides is 1. The maximum atomic E-state index is 12.4. The first-order chi connectivity index (χ1) is 11.3. The Hall–Kier alpha value is -2.32. The van der Waals surface area contributed by atoms with Crippen LogP contribution in [0.3, 0.4) is 0 Å². The van der Waals surface area contributed by atoms with Crippen LogP contribution in [0.2, 0.25) is 0 Å². The Bertz CT molecular complexity index is 499. The lowest BCUT2D eigenvalue weighted by atomic mass is 10.0. The summed E-state index contributed by atoms with van der Waals surface area (Å²) in [6.45, 7) is 8.70. The van der Waals surface area contributed by atoms with Gasteiger partial charge in [0.1, 0.15) is 17.7 Å². The molecule has 0 rings (SSSR count). The Morgan fingerprint density at radius 2 is 1.64 bits per heavy atom. The number of hydrogen-bond donors (Lipinski definition) is 4. The number of nitrogens with two attached hydrogens (primary N) is 1. The fraction of sp³-hybridized carbons (Fsp3) is 0.750. The zero-order valence-electron chi connectivity index (χ0n) is 15.4. The highest BCUT2D eigenvalue weighted by Gasteiger charge is 2.28. The number of aliphatic carboxylic acids is 1. The van der Waals surface area contributed by atoms with Gasteiger partial charge >= 0.3 is 12.1 Å². The second-order valence-corrected chi connectivity index (χ2v) is 7.22. The van der Waals surface area contributed by atoms with Gasteiger partial charge in [-0.25, -0.2) is 4.79 Å². The summed E-state index contributed by atoms with van der Waals surface area (Å²) in [6.07, 6.45) is -0.996. The molecule has 0 aromatic carbocycles. The van der Waals surface area contributed by atoms with Crippen LogP contribution in [0, 0.1) is 5.92 Å². The molecule has 0 bridgehead atoms. The molecule has 3 amide bonds. The van der Waals surface area contributed by atoms with E-state index in [0.29, 0.717) is 6.42 Å². The number of carbonyl (C=O) groups excluding carboxylic acids is 3. The topological polar surface area (TPSA) is 148 Å². The van der Waals surface area contributed by atoms with Crippen molar-refractivity contribution in [1.29, 1.82) is 0 Å². The summed E-state index contributed by atoms with van der Waals surface area (Å²) in [6, 6.07) is -2.06. The first kappa shape index (κ1) is 22.7. The fourth-order valence-corrected chi connectivity index (χ4v) is 1.98. The van der Waals surface area contributed by atoms with Crippen molar-refractivity contribution >= 4 is 23.9 Å². The first-order valence-electron chi connectivity index (χ1n) is 8.12. The van der Waals surface area contributed by atoms with Crippen LogP contribution in [-0.4, -0.2) is 46.7 Å². The Balaban J connectivity index is 5.04. The summed E-state index contributed by atoms with van der Waals surface area (Å²) in [5.41, 5.74) is 4.51. The molecule has 0 heterocycles. The van der Waals surface area contributed by atoms with Gasteiger partial charge in [-0.3, -0.25) is 14.4 Å². The van der Waals surface area contributed by atoms with E-state index in [2.05, 4.69) is 10.6 Å². The van der Waals surface area contributed by atoms with Gasteiger partial charge in [-0.1, -0.05) is 13.8 Å². The van der Waals surface area contributed by atoms with Crippen molar-refractivity contribution in [2.24, 2.45) is 11.7 Å². The zero-order valence-corrected chi connectivity index (χ0v) is 15.4. The summed E-state index contributed by atoms with van der Waals surface area (Å²) < 4.78 is 5.07. The molecule has 0 radical (unpaired) electrons. The minimum absolute atomic E-state index is 0.106. The normalized spacial score (nSPS) is 13.7. The summed E-state index contributed by atoms with van der Waals surface area (Å²) in [4.78, 5) is 46.5. The molecule has 144 valence electrons. The highest BCUT2D eigenvalue weighted by molar-refractivity contribution is 5.91. The monoisotopic (exact) mass is 359 g/mol. The van der Waals surface area contributed by atoms with E-state index in [9.17, 15) is 19.2 Å². The largest absolute Gasteiger partial charge is 0.481 e. The molecular formula is C16H29N3O6. The van der Waals surface area contributed by atoms with E-state index in [1.54, 1.807) is 20.8 Å². The van der Waals surface area contributed by atoms with Crippen molar-refractivity contribution in [2.75, 3.05) is 0 Å². The predicted octanol–water partition coefficient (Wildman–Crippen LogP) is 0.761. The van der Waals surface area contributed by atoms with Gasteiger partial charge < -0.3 is 26.2 Å². The van der Waals surface area contributed by atoms with Crippen LogP contribution in [0.1, 0.15) is 53.9 Å². The molecular weight excluding hydrogens is 330 g/mol. The molecule has 5 N–H and O–H groups in total. The van der Waals surface area contributed by atoms with E-state index in [1.807, 2.05) is 13.8 Å². The predicted molar refractivity (Wildman–Crippen MR) is 90.6 cm³/mol. The van der Waals surface area contributed by atoms with Gasteiger partial charge in [-0.05, 0) is 39.5 Å². The number of carbonyl (C=O) groups is 4. The number of carboxylic acids is 1. The number of nitrogens with one attached hydrogen (secondary N) is 2. The van der Waals surface area contributed by atoms with Crippen molar-refractivity contribution in [3.63, 3.8) is 0 Å². The number of ether oxygens (including phenoxy) is 1. The Labute approximate surface area is 147 Å². The Morgan fingerprint density at radius 3 is 2.04 bits per heavy atom. The quantitative estimate of drug-likeness (QED) is 0.478. The number of hydrogen-bond acceptors (Lipinski definition) is 5. The fourth-order valence-electron chi connectivity index (χ4n) is 1.98. The van der Waals surface area contributed by atoms with Crippen molar-refractivity contribution in [3.05, 3.63) is 0 Å². The zero-order chi connectivity index (χ0) is 19.8. The van der Waals surface area contributed by atoms with Crippen LogP contribution in [0.15, 0.2) is 0 Å². The van der Waals surface area contributed by atoms with Crippen LogP contribution in [0.25, 0.3) is 0 Å². The molecule has 0 aromatic rings. The average molecular weight is 359 g/mol. The second-order valence-electron chi connectivity index (χ2n) is 7.22. The average Bonchev–Trinajstić information content (AvgIpc) is 2.39. The van der Waals surface area contributed by atoms with Crippen LogP contribution >= 0.6 is 0 Å². The SMILES string of the molecule is CC(C)C[C@H](NC(=O)[C@H](CCC(=O)O)NC(=O)OC(C)(C)C)C(N)=O. The number of rotatable bonds is 9. The van der Waals surface area contributed by atoms with Crippen LogP contribution in [0.5, 0.6) is 0 Å². The van der Waals surface area contributed by atoms with Gasteiger partial charge in [0.25, 0.3) is 0 Å². The lowest BCUT2D eigenvalue weighted by molar-refractivity contribution is -0.137. The summed E-state index contributed by atoms with van der Waals surface area (Å²) in [5.74, 6) is -2.39. The molecule has 0 saturated heterocycles. The van der Waals surface area contributed by atoms with E-state index in [4.69, 9.17) is 15.6 Å². The third-order valence-corrected chi connectivity index (χ3v) is 3.02. The van der Waals surface area contributed by atoms with Crippen LogP contribution in [-0.2, 0) is 19.1 Å². The van der Waals surface area contributed by atoms with Crippen molar-refractivity contribution in [3.8, 4) is 0 Å². The standard InChI is InChI=1S/C16H29N3O6/c1-9(2)8-11(13(17)22)18-14(23)10(6-7-12(20)21)19-15(24)25-16(3,4)5/h9-11H,6-8H2,1-5H3,(H2,17,22)(H,18,23)(H,19,24)(H,20,21)/t10-,11-/m0/s1. The van der Waals surface area contributed by atoms with Crippen LogP contribution < -0.4 is 16.4 Å². The Kier molecular flexibility index (Phi) is 8.94. The summed E-state index contributed by atoms with van der Waals surface area (Å²) in [5, 5.41) is 13.6. The lowest BCUT2D eigenvalue weighted by Crippen LogP contribution is -2.53. The Morgan fingerprint density at radius 1 is 1.08 bits per heavy atom. The summed E-state index contributed by atoms with van der Waals surface area (Å²) in [7, 11) is 0. The molecule has 0 aromatic heterocycles. The van der Waals surface area contributed by atoms with E-state index in [-0.39, 0.29) is 18.8 Å². The van der Waals surface area contributed by atoms with Gasteiger partial charge in [0.2, 0.25) is 11.8 Å². The molecule has 0 aliphatic rings. The molecule has 0 spiro atoms. The maximum absolute atomic E-state index is 12.4. The van der Waals surface area contributed by atoms with Gasteiger partial charge in [-0.2, -0.15) is 0 Å². The smallest absolute Gasteiger partial charge is 0.408 e. The highest BCUT2D eigenvalue weighted by Crippen LogP contribution is 2.09. The van der Waals surface area contributed by atoms with E-state index < -0.39 is 41.6 Å². The highest BCUT2D eigenvalue weighted by atomic mass is 16.6. The van der Waals surface area contributed by atoms with Gasteiger partial charge in [0, 0.05) is 6.42 Å². The van der Waals surface area contributed by atoms with Crippen LogP contribution in [0.4, 0.5) is 4.79 Å². The minimum atomic E-state index is -1.15. The maximum Gasteiger partial charge on any atom is 0.408 e. The van der Waals surface area contributed by atoms with Crippen molar-refractivity contribution in [1.82, 2.24) is 10.6 Å². The summed E-state index contributed by atoms with van der Waals surface area (Å²) >= 11 is 0. The molecule has 25 heavy (non-hydrogen) atoms. The van der Waals surface area contributed by atoms with Gasteiger partial charge in [0.05, 0.1) is 0 Å². The number of alkyl carbamates (subject to hydrolysis) is 1. The lowest BCUT2D eigenvalue weighted by Gasteiger charge is -2.25. The number of amides is 3. The minimum Gasteiger partial charge on any atom is -0.481 e. The second kappa shape index (κ2) is 9.85. The van der Waals surface area contributed by atoms with E-state index >= 15 is 0 Å². The molecule has 9 nitrogen and oxygen atoms in total. The molecule has 9 heteroatoms. The van der Waals surface area contributed by atoms with E-state index in [0.717, 1.165) is 0 Å². The molecule has 0 aliphatic carbocycles.